The molecule has 0 aromatic heterocycles. The maximum atomic E-state index is 12.7. The van der Waals surface area contributed by atoms with E-state index < -0.39 is 12.1 Å². The Hall–Kier alpha value is -3.93. The average molecular weight is 803 g/mol. The lowest BCUT2D eigenvalue weighted by Crippen LogP contribution is -2.30. The second-order valence-electron chi connectivity index (χ2n) is 14.8. The Morgan fingerprint density at radius 2 is 0.690 bits per heavy atom. The van der Waals surface area contributed by atoms with E-state index in [1.54, 1.807) is 0 Å². The van der Waals surface area contributed by atoms with Gasteiger partial charge in [0, 0.05) is 19.3 Å². The molecule has 0 heterocycles. The topological polar surface area (TPSA) is 78.9 Å². The number of hydrogen-bond acceptors (Lipinski definition) is 6. The van der Waals surface area contributed by atoms with E-state index in [0.29, 0.717) is 19.3 Å². The molecular formula is C52H82O6. The highest BCUT2D eigenvalue weighted by Gasteiger charge is 2.19. The Kier molecular flexibility index (Phi) is 42.7. The minimum absolute atomic E-state index is 0.120. The number of unbranched alkanes of at least 4 members (excludes halogenated alkanes) is 17. The first-order valence-electron chi connectivity index (χ1n) is 23.0. The van der Waals surface area contributed by atoms with E-state index in [4.69, 9.17) is 14.2 Å². The van der Waals surface area contributed by atoms with E-state index in [1.165, 1.54) is 70.6 Å². The summed E-state index contributed by atoms with van der Waals surface area (Å²) in [5.41, 5.74) is 0. The first-order chi connectivity index (χ1) is 28.5. The van der Waals surface area contributed by atoms with Crippen LogP contribution in [0.2, 0.25) is 0 Å². The van der Waals surface area contributed by atoms with E-state index in [9.17, 15) is 14.4 Å². The normalized spacial score (nSPS) is 13.1. The molecule has 0 saturated heterocycles. The molecule has 0 aliphatic heterocycles. The summed E-state index contributed by atoms with van der Waals surface area (Å²) in [4.78, 5) is 37.7. The summed E-state index contributed by atoms with van der Waals surface area (Å²) in [6.45, 7) is 6.23. The Balaban J connectivity index is 4.57. The Labute approximate surface area is 355 Å². The zero-order chi connectivity index (χ0) is 42.3. The molecular weight excluding hydrogens is 721 g/mol. The van der Waals surface area contributed by atoms with Gasteiger partial charge in [0.15, 0.2) is 6.10 Å². The molecule has 58 heavy (non-hydrogen) atoms. The molecule has 0 aliphatic rings. The predicted octanol–water partition coefficient (Wildman–Crippen LogP) is 14.8. The molecule has 0 aromatic rings. The summed E-state index contributed by atoms with van der Waals surface area (Å²) < 4.78 is 16.6. The van der Waals surface area contributed by atoms with Crippen LogP contribution in [0.1, 0.15) is 181 Å². The second kappa shape index (κ2) is 45.8. The summed E-state index contributed by atoms with van der Waals surface area (Å²) in [6, 6.07) is 0. The van der Waals surface area contributed by atoms with Crippen LogP contribution in [0.3, 0.4) is 0 Å². The summed E-state index contributed by atoms with van der Waals surface area (Å²) in [6.07, 6.45) is 60.8. The summed E-state index contributed by atoms with van der Waals surface area (Å²) in [7, 11) is 0. The van der Waals surface area contributed by atoms with Crippen molar-refractivity contribution in [2.45, 2.75) is 187 Å². The van der Waals surface area contributed by atoms with E-state index >= 15 is 0 Å². The van der Waals surface area contributed by atoms with Crippen molar-refractivity contribution in [1.29, 1.82) is 0 Å². The van der Waals surface area contributed by atoms with Crippen LogP contribution < -0.4 is 0 Å². The summed E-state index contributed by atoms with van der Waals surface area (Å²) in [5.74, 6) is -1.05. The van der Waals surface area contributed by atoms with Crippen LogP contribution in [0.25, 0.3) is 0 Å². The standard InChI is InChI=1S/C52H82O6/c1-4-7-10-13-16-19-22-25-28-30-33-36-39-42-45-51(54)57-48-49(58-52(55)46-43-40-37-34-31-27-24-21-18-15-12-9-6-3)47-56-50(53)44-41-38-35-32-29-26-23-20-17-14-11-8-5-2/h8-9,11-12,14-15,17-18,20-21,23-24,26-27,29,31,34,37,49H,4-7,10,13,16,19,22,25,28,30,32-33,35-36,38-48H2,1-3H3/b11-8+,12-9+,17-14+,18-15+,23-20+,24-21+,29-26+,31-27+,37-34+. The van der Waals surface area contributed by atoms with Crippen LogP contribution >= 0.6 is 0 Å². The Bertz CT molecular complexity index is 1240. The largest absolute Gasteiger partial charge is 0.462 e. The van der Waals surface area contributed by atoms with Gasteiger partial charge in [0.1, 0.15) is 13.2 Å². The monoisotopic (exact) mass is 803 g/mol. The minimum Gasteiger partial charge on any atom is -0.462 e. The third kappa shape index (κ3) is 43.2. The first-order valence-corrected chi connectivity index (χ1v) is 23.0. The molecule has 1 atom stereocenters. The van der Waals surface area contributed by atoms with Crippen LogP contribution in [-0.4, -0.2) is 37.2 Å². The quantitative estimate of drug-likeness (QED) is 0.0267. The van der Waals surface area contributed by atoms with Gasteiger partial charge in [0.2, 0.25) is 0 Å². The van der Waals surface area contributed by atoms with E-state index in [1.807, 2.05) is 91.1 Å². The van der Waals surface area contributed by atoms with Gasteiger partial charge in [0.05, 0.1) is 0 Å². The van der Waals surface area contributed by atoms with Crippen molar-refractivity contribution in [2.75, 3.05) is 13.2 Å². The zero-order valence-electron chi connectivity index (χ0n) is 37.0. The van der Waals surface area contributed by atoms with Crippen molar-refractivity contribution in [3.63, 3.8) is 0 Å². The van der Waals surface area contributed by atoms with Crippen LogP contribution in [0.5, 0.6) is 0 Å². The molecule has 0 aromatic carbocycles. The van der Waals surface area contributed by atoms with Crippen LogP contribution in [0.4, 0.5) is 0 Å². The molecule has 0 saturated carbocycles. The molecule has 0 spiro atoms. The van der Waals surface area contributed by atoms with Crippen molar-refractivity contribution in [1.82, 2.24) is 0 Å². The number of allylic oxidation sites excluding steroid dienone is 18. The fourth-order valence-electron chi connectivity index (χ4n) is 5.83. The van der Waals surface area contributed by atoms with Gasteiger partial charge in [-0.25, -0.2) is 0 Å². The molecule has 0 aliphatic carbocycles. The van der Waals surface area contributed by atoms with E-state index in [-0.39, 0.29) is 31.6 Å². The molecule has 326 valence electrons. The molecule has 6 nitrogen and oxygen atoms in total. The van der Waals surface area contributed by atoms with Crippen LogP contribution in [-0.2, 0) is 28.6 Å². The predicted molar refractivity (Wildman–Crippen MR) is 247 cm³/mol. The number of carbonyl (C=O) groups excluding carboxylic acids is 3. The van der Waals surface area contributed by atoms with Gasteiger partial charge in [-0.05, 0) is 51.4 Å². The molecule has 0 rings (SSSR count). The Morgan fingerprint density at radius 1 is 0.362 bits per heavy atom. The third-order valence-corrected chi connectivity index (χ3v) is 9.25. The van der Waals surface area contributed by atoms with Crippen LogP contribution in [0.15, 0.2) is 109 Å². The fourth-order valence-corrected chi connectivity index (χ4v) is 5.83. The van der Waals surface area contributed by atoms with Gasteiger partial charge in [0.25, 0.3) is 0 Å². The van der Waals surface area contributed by atoms with Gasteiger partial charge in [-0.3, -0.25) is 14.4 Å². The lowest BCUT2D eigenvalue weighted by molar-refractivity contribution is -0.167. The molecule has 1 unspecified atom stereocenters. The van der Waals surface area contributed by atoms with Crippen molar-refractivity contribution < 1.29 is 28.6 Å². The number of ether oxygens (including phenoxy) is 3. The lowest BCUT2D eigenvalue weighted by Gasteiger charge is -2.18. The van der Waals surface area contributed by atoms with Gasteiger partial charge in [-0.1, -0.05) is 220 Å². The average Bonchev–Trinajstić information content (AvgIpc) is 3.22. The second-order valence-corrected chi connectivity index (χ2v) is 14.8. The maximum Gasteiger partial charge on any atom is 0.306 e. The first kappa shape index (κ1) is 54.1. The summed E-state index contributed by atoms with van der Waals surface area (Å²) >= 11 is 0. The highest BCUT2D eigenvalue weighted by Crippen LogP contribution is 2.14. The van der Waals surface area contributed by atoms with Gasteiger partial charge < -0.3 is 14.2 Å². The van der Waals surface area contributed by atoms with Crippen molar-refractivity contribution >= 4 is 17.9 Å². The minimum atomic E-state index is -0.829. The van der Waals surface area contributed by atoms with Crippen molar-refractivity contribution in [3.8, 4) is 0 Å². The fraction of sp³-hybridized carbons (Fsp3) is 0.596. The number of carbonyl (C=O) groups is 3. The summed E-state index contributed by atoms with van der Waals surface area (Å²) in [5, 5.41) is 0. The van der Waals surface area contributed by atoms with Crippen molar-refractivity contribution in [3.05, 3.63) is 109 Å². The molecule has 0 radical (unpaired) electrons. The van der Waals surface area contributed by atoms with E-state index in [0.717, 1.165) is 64.2 Å². The SMILES string of the molecule is CC/C=C/C=C/C=C/C=C/C=C/CCCC(=O)OC(COC(=O)CCCCC/C=C/C=C/C=C/C=C/CC)COC(=O)CCCCCCCCCCCCCCCC. The molecule has 0 amide bonds. The van der Waals surface area contributed by atoms with Gasteiger partial charge in [-0.2, -0.15) is 0 Å². The Morgan fingerprint density at radius 3 is 1.10 bits per heavy atom. The third-order valence-electron chi connectivity index (χ3n) is 9.25. The maximum absolute atomic E-state index is 12.7. The lowest BCUT2D eigenvalue weighted by atomic mass is 10.0. The molecule has 0 bridgehead atoms. The molecule has 0 N–H and O–H groups in total. The van der Waals surface area contributed by atoms with Gasteiger partial charge >= 0.3 is 17.9 Å². The molecule has 6 heteroatoms. The van der Waals surface area contributed by atoms with Crippen LogP contribution in [0, 0.1) is 0 Å². The van der Waals surface area contributed by atoms with E-state index in [2.05, 4.69) is 39.0 Å². The number of rotatable bonds is 39. The van der Waals surface area contributed by atoms with Gasteiger partial charge in [-0.15, -0.1) is 0 Å². The zero-order valence-corrected chi connectivity index (χ0v) is 37.0. The highest BCUT2D eigenvalue weighted by molar-refractivity contribution is 5.71. The number of esters is 3. The van der Waals surface area contributed by atoms with Crippen molar-refractivity contribution in [2.24, 2.45) is 0 Å². The molecule has 0 fully saturated rings. The highest BCUT2D eigenvalue weighted by atomic mass is 16.6. The number of hydrogen-bond donors (Lipinski definition) is 0. The smallest absolute Gasteiger partial charge is 0.306 e.